The summed E-state index contributed by atoms with van der Waals surface area (Å²) in [6, 6.07) is 0. The number of hydroxylamine groups is 1. The van der Waals surface area contributed by atoms with Crippen molar-refractivity contribution >= 4 is 0 Å². The van der Waals surface area contributed by atoms with Crippen LogP contribution in [0.15, 0.2) is 12.2 Å². The molecule has 0 saturated carbocycles. The lowest BCUT2D eigenvalue weighted by Gasteiger charge is -1.89. The van der Waals surface area contributed by atoms with Crippen molar-refractivity contribution in [2.45, 2.75) is 6.92 Å². The quantitative estimate of drug-likeness (QED) is 0.380. The fourth-order valence-corrected chi connectivity index (χ4v) is 0.135. The highest BCUT2D eigenvalue weighted by Crippen LogP contribution is 1.77. The first kappa shape index (κ1) is 5.66. The van der Waals surface area contributed by atoms with E-state index in [1.54, 1.807) is 0 Å². The van der Waals surface area contributed by atoms with Gasteiger partial charge in [-0.2, -0.15) is 0 Å². The van der Waals surface area contributed by atoms with Gasteiger partial charge in [-0.15, -0.1) is 0 Å². The molecule has 0 aromatic carbocycles. The summed E-state index contributed by atoms with van der Waals surface area (Å²) >= 11 is 0. The van der Waals surface area contributed by atoms with Gasteiger partial charge in [0, 0.05) is 6.54 Å². The van der Waals surface area contributed by atoms with Gasteiger partial charge in [0.2, 0.25) is 0 Å². The summed E-state index contributed by atoms with van der Waals surface area (Å²) in [5.41, 5.74) is 2.90. The van der Waals surface area contributed by atoms with Crippen LogP contribution in [0.4, 0.5) is 0 Å². The average Bonchev–Trinajstić information content (AvgIpc) is 1.35. The molecular weight excluding hydrogens is 78.0 g/mol. The van der Waals surface area contributed by atoms with Crippen molar-refractivity contribution in [3.63, 3.8) is 0 Å². The molecule has 0 heterocycles. The molecule has 0 aromatic heterocycles. The Labute approximate surface area is 37.4 Å². The van der Waals surface area contributed by atoms with Gasteiger partial charge in [0.15, 0.2) is 0 Å². The third-order valence-electron chi connectivity index (χ3n) is 0.381. The molecule has 0 amide bonds. The Morgan fingerprint density at radius 3 is 2.50 bits per heavy atom. The highest BCUT2D eigenvalue weighted by molar-refractivity contribution is 4.88. The van der Waals surface area contributed by atoms with Gasteiger partial charge in [-0.05, 0) is 6.92 Å². The van der Waals surface area contributed by atoms with E-state index in [4.69, 9.17) is 5.21 Å². The number of rotatable bonds is 2. The fourth-order valence-electron chi connectivity index (χ4n) is 0.135. The average molecular weight is 87.1 g/mol. The molecule has 0 unspecified atom stereocenters. The SMILES string of the molecule is C=C(C)CNO. The first-order chi connectivity index (χ1) is 2.77. The lowest BCUT2D eigenvalue weighted by atomic mass is 10.4. The molecule has 0 aliphatic heterocycles. The maximum absolute atomic E-state index is 7.93. The highest BCUT2D eigenvalue weighted by Gasteiger charge is 1.75. The molecule has 2 heteroatoms. The van der Waals surface area contributed by atoms with E-state index in [-0.39, 0.29) is 0 Å². The van der Waals surface area contributed by atoms with E-state index in [1.165, 1.54) is 0 Å². The molecule has 2 nitrogen and oxygen atoms in total. The van der Waals surface area contributed by atoms with Gasteiger partial charge in [-0.25, -0.2) is 5.48 Å². The zero-order valence-corrected chi connectivity index (χ0v) is 3.86. The summed E-state index contributed by atoms with van der Waals surface area (Å²) < 4.78 is 0. The van der Waals surface area contributed by atoms with Crippen molar-refractivity contribution in [3.05, 3.63) is 12.2 Å². The molecule has 0 atom stereocenters. The van der Waals surface area contributed by atoms with Crippen LogP contribution in [0.25, 0.3) is 0 Å². The molecule has 0 saturated heterocycles. The van der Waals surface area contributed by atoms with E-state index >= 15 is 0 Å². The van der Waals surface area contributed by atoms with Crippen molar-refractivity contribution in [2.75, 3.05) is 6.54 Å². The van der Waals surface area contributed by atoms with Crippen LogP contribution in [-0.4, -0.2) is 11.8 Å². The molecule has 0 aliphatic rings. The summed E-state index contributed by atoms with van der Waals surface area (Å²) in [6.45, 7) is 5.85. The second-order valence-electron chi connectivity index (χ2n) is 1.29. The fraction of sp³-hybridized carbons (Fsp3) is 0.500. The van der Waals surface area contributed by atoms with Crippen molar-refractivity contribution in [1.82, 2.24) is 5.48 Å². The Morgan fingerprint density at radius 2 is 2.50 bits per heavy atom. The number of hydrogen-bond donors (Lipinski definition) is 2. The Balaban J connectivity index is 2.83. The van der Waals surface area contributed by atoms with Crippen LogP contribution in [0.1, 0.15) is 6.92 Å². The molecule has 0 bridgehead atoms. The number of nitrogens with one attached hydrogen (secondary N) is 1. The van der Waals surface area contributed by atoms with Crippen molar-refractivity contribution in [2.24, 2.45) is 0 Å². The molecule has 0 rings (SSSR count). The van der Waals surface area contributed by atoms with Crippen molar-refractivity contribution in [3.8, 4) is 0 Å². The van der Waals surface area contributed by atoms with Gasteiger partial charge in [0.1, 0.15) is 0 Å². The van der Waals surface area contributed by atoms with E-state index in [0.717, 1.165) is 5.57 Å². The molecule has 6 heavy (non-hydrogen) atoms. The van der Waals surface area contributed by atoms with E-state index < -0.39 is 0 Å². The molecule has 0 spiro atoms. The maximum Gasteiger partial charge on any atom is 0.0412 e. The first-order valence-electron chi connectivity index (χ1n) is 1.78. The van der Waals surface area contributed by atoms with Crippen LogP contribution in [-0.2, 0) is 0 Å². The zero-order chi connectivity index (χ0) is 4.99. The largest absolute Gasteiger partial charge is 0.317 e. The van der Waals surface area contributed by atoms with Gasteiger partial charge in [0.25, 0.3) is 0 Å². The standard InChI is InChI=1S/C4H9NO/c1-4(2)3-5-6/h5-6H,1,3H2,2H3. The van der Waals surface area contributed by atoms with Crippen LogP contribution in [0.5, 0.6) is 0 Å². The second-order valence-corrected chi connectivity index (χ2v) is 1.29. The molecule has 2 N–H and O–H groups in total. The Morgan fingerprint density at radius 1 is 2.00 bits per heavy atom. The summed E-state index contributed by atoms with van der Waals surface area (Å²) in [7, 11) is 0. The van der Waals surface area contributed by atoms with Crippen LogP contribution >= 0.6 is 0 Å². The minimum atomic E-state index is 0.486. The predicted octanol–water partition coefficient (Wildman–Crippen LogP) is 0.541. The van der Waals surface area contributed by atoms with E-state index in [2.05, 4.69) is 6.58 Å². The van der Waals surface area contributed by atoms with Crippen LogP contribution in [0, 0.1) is 0 Å². The monoisotopic (exact) mass is 87.1 g/mol. The van der Waals surface area contributed by atoms with Gasteiger partial charge in [-0.1, -0.05) is 12.2 Å². The molecule has 0 aromatic rings. The van der Waals surface area contributed by atoms with E-state index in [9.17, 15) is 0 Å². The highest BCUT2D eigenvalue weighted by atomic mass is 16.5. The summed E-state index contributed by atoms with van der Waals surface area (Å²) in [6.07, 6.45) is 0. The molecule has 0 fully saturated rings. The van der Waals surface area contributed by atoms with Crippen LogP contribution in [0.2, 0.25) is 0 Å². The normalized spacial score (nSPS) is 8.33. The first-order valence-corrected chi connectivity index (χ1v) is 1.78. The summed E-state index contributed by atoms with van der Waals surface area (Å²) in [4.78, 5) is 0. The molecule has 0 aliphatic carbocycles. The van der Waals surface area contributed by atoms with Gasteiger partial charge < -0.3 is 5.21 Å². The molecule has 36 valence electrons. The smallest absolute Gasteiger partial charge is 0.0412 e. The van der Waals surface area contributed by atoms with Gasteiger partial charge >= 0.3 is 0 Å². The molecular formula is C4H9NO. The third-order valence-corrected chi connectivity index (χ3v) is 0.381. The Bertz CT molecular complexity index is 51.5. The van der Waals surface area contributed by atoms with Crippen molar-refractivity contribution in [1.29, 1.82) is 0 Å². The number of hydrogen-bond acceptors (Lipinski definition) is 2. The van der Waals surface area contributed by atoms with Gasteiger partial charge in [-0.3, -0.25) is 0 Å². The maximum atomic E-state index is 7.93. The minimum Gasteiger partial charge on any atom is -0.317 e. The lowest BCUT2D eigenvalue weighted by Crippen LogP contribution is -2.08. The van der Waals surface area contributed by atoms with Crippen molar-refractivity contribution < 1.29 is 5.21 Å². The van der Waals surface area contributed by atoms with Crippen LogP contribution < -0.4 is 5.48 Å². The Kier molecular flexibility index (Phi) is 2.71. The summed E-state index contributed by atoms with van der Waals surface area (Å²) in [5, 5.41) is 7.93. The zero-order valence-electron chi connectivity index (χ0n) is 3.86. The minimum absolute atomic E-state index is 0.486. The Hall–Kier alpha value is -0.340. The lowest BCUT2D eigenvalue weighted by molar-refractivity contribution is 0.177. The van der Waals surface area contributed by atoms with E-state index in [0.29, 0.717) is 6.54 Å². The third kappa shape index (κ3) is 3.66. The summed E-state index contributed by atoms with van der Waals surface area (Å²) in [5.74, 6) is 0. The molecule has 0 radical (unpaired) electrons. The topological polar surface area (TPSA) is 32.3 Å². The van der Waals surface area contributed by atoms with Crippen LogP contribution in [0.3, 0.4) is 0 Å². The van der Waals surface area contributed by atoms with Gasteiger partial charge in [0.05, 0.1) is 0 Å². The second kappa shape index (κ2) is 2.87. The van der Waals surface area contributed by atoms with E-state index in [1.807, 2.05) is 12.4 Å². The predicted molar refractivity (Wildman–Crippen MR) is 24.6 cm³/mol.